The van der Waals surface area contributed by atoms with Crippen molar-refractivity contribution in [3.8, 4) is 0 Å². The van der Waals surface area contributed by atoms with Gasteiger partial charge in [0.2, 0.25) is 5.91 Å². The van der Waals surface area contributed by atoms with Gasteiger partial charge in [-0.15, -0.1) is 0 Å². The van der Waals surface area contributed by atoms with E-state index in [4.69, 9.17) is 5.11 Å². The molecule has 0 aliphatic rings. The molecule has 7 heteroatoms. The number of halogens is 1. The molecule has 0 radical (unpaired) electrons. The van der Waals surface area contributed by atoms with E-state index in [1.165, 1.54) is 0 Å². The van der Waals surface area contributed by atoms with E-state index in [2.05, 4.69) is 31.9 Å². The molecule has 6 nitrogen and oxygen atoms in total. The minimum absolute atomic E-state index is 0.0191. The number of rotatable bonds is 7. The molecular weight excluding hydrogens is 350 g/mol. The molecule has 122 valence electrons. The van der Waals surface area contributed by atoms with Crippen molar-refractivity contribution in [1.29, 1.82) is 0 Å². The van der Waals surface area contributed by atoms with E-state index in [0.29, 0.717) is 5.69 Å². The Hall–Kier alpha value is -1.60. The van der Waals surface area contributed by atoms with Crippen molar-refractivity contribution in [3.05, 3.63) is 28.7 Å². The van der Waals surface area contributed by atoms with Gasteiger partial charge in [-0.1, -0.05) is 36.2 Å². The number of aliphatic hydroxyl groups excluding tert-OH is 1. The van der Waals surface area contributed by atoms with Gasteiger partial charge in [0.05, 0.1) is 6.61 Å². The summed E-state index contributed by atoms with van der Waals surface area (Å²) in [5, 5.41) is 16.7. The van der Waals surface area contributed by atoms with Gasteiger partial charge in [-0.2, -0.15) is 0 Å². The fourth-order valence-electron chi connectivity index (χ4n) is 1.83. The van der Waals surface area contributed by atoms with Crippen LogP contribution in [0.3, 0.4) is 0 Å². The van der Waals surface area contributed by atoms with E-state index < -0.39 is 12.1 Å². The monoisotopic (exact) mass is 371 g/mol. The standard InChI is InChI=1S/C15H22BrN3O3/c1-3-10(2)13(14(21)17-8-9-20)19-15(22)18-12-6-4-11(16)5-7-12/h4-7,10,13,20H,3,8-9H2,1-2H3,(H,17,21)(H2,18,19,22)/t10-,13-/m0/s1. The summed E-state index contributed by atoms with van der Waals surface area (Å²) in [7, 11) is 0. The molecule has 0 heterocycles. The summed E-state index contributed by atoms with van der Waals surface area (Å²) < 4.78 is 0.916. The molecule has 0 fully saturated rings. The predicted octanol–water partition coefficient (Wildman–Crippen LogP) is 2.09. The highest BCUT2D eigenvalue weighted by Crippen LogP contribution is 2.14. The number of nitrogens with one attached hydrogen (secondary N) is 3. The second-order valence-electron chi connectivity index (χ2n) is 4.98. The van der Waals surface area contributed by atoms with Crippen LogP contribution in [0.1, 0.15) is 20.3 Å². The smallest absolute Gasteiger partial charge is 0.319 e. The SMILES string of the molecule is CC[C@H](C)[C@H](NC(=O)Nc1ccc(Br)cc1)C(=O)NCCO. The number of urea groups is 1. The third kappa shape index (κ3) is 6.03. The number of hydrogen-bond donors (Lipinski definition) is 4. The molecule has 0 unspecified atom stereocenters. The fourth-order valence-corrected chi connectivity index (χ4v) is 2.10. The van der Waals surface area contributed by atoms with Crippen molar-refractivity contribution in [3.63, 3.8) is 0 Å². The Morgan fingerprint density at radius 3 is 2.45 bits per heavy atom. The first-order valence-electron chi connectivity index (χ1n) is 7.19. The third-order valence-electron chi connectivity index (χ3n) is 3.30. The summed E-state index contributed by atoms with van der Waals surface area (Å²) in [6, 6.07) is 6.06. The molecule has 0 aromatic heterocycles. The molecule has 1 rings (SSSR count). The van der Waals surface area contributed by atoms with Crippen LogP contribution in [-0.4, -0.2) is 36.2 Å². The lowest BCUT2D eigenvalue weighted by atomic mass is 9.98. The van der Waals surface area contributed by atoms with Crippen molar-refractivity contribution in [2.75, 3.05) is 18.5 Å². The lowest BCUT2D eigenvalue weighted by Crippen LogP contribution is -2.51. The van der Waals surface area contributed by atoms with Crippen LogP contribution < -0.4 is 16.0 Å². The fraction of sp³-hybridized carbons (Fsp3) is 0.467. The molecule has 4 N–H and O–H groups in total. The molecule has 22 heavy (non-hydrogen) atoms. The first-order valence-corrected chi connectivity index (χ1v) is 7.98. The van der Waals surface area contributed by atoms with Crippen molar-refractivity contribution in [1.82, 2.24) is 10.6 Å². The highest BCUT2D eigenvalue weighted by molar-refractivity contribution is 9.10. The quantitative estimate of drug-likeness (QED) is 0.591. The van der Waals surface area contributed by atoms with Crippen LogP contribution in [0.2, 0.25) is 0 Å². The highest BCUT2D eigenvalue weighted by Gasteiger charge is 2.25. The number of anilines is 1. The summed E-state index contributed by atoms with van der Waals surface area (Å²) in [4.78, 5) is 24.1. The van der Waals surface area contributed by atoms with Crippen molar-refractivity contribution < 1.29 is 14.7 Å². The largest absolute Gasteiger partial charge is 0.395 e. The Morgan fingerprint density at radius 1 is 1.27 bits per heavy atom. The van der Waals surface area contributed by atoms with Crippen molar-refractivity contribution in [2.24, 2.45) is 5.92 Å². The normalized spacial score (nSPS) is 13.1. The van der Waals surface area contributed by atoms with E-state index in [1.54, 1.807) is 12.1 Å². The van der Waals surface area contributed by atoms with E-state index in [0.717, 1.165) is 10.9 Å². The summed E-state index contributed by atoms with van der Waals surface area (Å²) in [5.74, 6) is -0.316. The second-order valence-corrected chi connectivity index (χ2v) is 5.90. The summed E-state index contributed by atoms with van der Waals surface area (Å²) >= 11 is 3.32. The van der Waals surface area contributed by atoms with E-state index in [9.17, 15) is 9.59 Å². The molecule has 2 atom stereocenters. The van der Waals surface area contributed by atoms with Crippen LogP contribution >= 0.6 is 15.9 Å². The zero-order valence-corrected chi connectivity index (χ0v) is 14.3. The average molecular weight is 372 g/mol. The molecule has 0 spiro atoms. The van der Waals surface area contributed by atoms with E-state index in [-0.39, 0.29) is 25.0 Å². The third-order valence-corrected chi connectivity index (χ3v) is 3.82. The molecule has 0 saturated carbocycles. The lowest BCUT2D eigenvalue weighted by Gasteiger charge is -2.23. The second kappa shape index (κ2) is 9.42. The van der Waals surface area contributed by atoms with Crippen LogP contribution in [0.4, 0.5) is 10.5 Å². The highest BCUT2D eigenvalue weighted by atomic mass is 79.9. The maximum Gasteiger partial charge on any atom is 0.319 e. The van der Waals surface area contributed by atoms with Crippen LogP contribution in [0, 0.1) is 5.92 Å². The Morgan fingerprint density at radius 2 is 1.91 bits per heavy atom. The van der Waals surface area contributed by atoms with Gasteiger partial charge in [0.15, 0.2) is 0 Å². The lowest BCUT2D eigenvalue weighted by molar-refractivity contribution is -0.124. The van der Waals surface area contributed by atoms with Crippen LogP contribution in [0.15, 0.2) is 28.7 Å². The first-order chi connectivity index (χ1) is 10.5. The molecule has 0 saturated heterocycles. The average Bonchev–Trinajstić information content (AvgIpc) is 2.51. The molecule has 0 bridgehead atoms. The summed E-state index contributed by atoms with van der Waals surface area (Å²) in [6.45, 7) is 3.88. The van der Waals surface area contributed by atoms with Crippen molar-refractivity contribution >= 4 is 33.6 Å². The van der Waals surface area contributed by atoms with Gasteiger partial charge in [-0.05, 0) is 30.2 Å². The summed E-state index contributed by atoms with van der Waals surface area (Å²) in [6.07, 6.45) is 0.746. The van der Waals surface area contributed by atoms with Crippen molar-refractivity contribution in [2.45, 2.75) is 26.3 Å². The number of carbonyl (C=O) groups excluding carboxylic acids is 2. The van der Waals surface area contributed by atoms with E-state index in [1.807, 2.05) is 26.0 Å². The molecule has 0 aliphatic heterocycles. The molecule has 3 amide bonds. The minimum atomic E-state index is -0.646. The van der Waals surface area contributed by atoms with Gasteiger partial charge in [0.1, 0.15) is 6.04 Å². The van der Waals surface area contributed by atoms with Gasteiger partial charge >= 0.3 is 6.03 Å². The number of amides is 3. The zero-order chi connectivity index (χ0) is 16.5. The Kier molecular flexibility index (Phi) is 7.90. The number of benzene rings is 1. The van der Waals surface area contributed by atoms with Gasteiger partial charge in [0.25, 0.3) is 0 Å². The van der Waals surface area contributed by atoms with Crippen LogP contribution in [0.25, 0.3) is 0 Å². The number of aliphatic hydroxyl groups is 1. The number of carbonyl (C=O) groups is 2. The van der Waals surface area contributed by atoms with Gasteiger partial charge < -0.3 is 21.1 Å². The Balaban J connectivity index is 2.65. The molecule has 0 aliphatic carbocycles. The number of hydrogen-bond acceptors (Lipinski definition) is 3. The maximum absolute atomic E-state index is 12.1. The van der Waals surface area contributed by atoms with E-state index >= 15 is 0 Å². The molecule has 1 aromatic rings. The predicted molar refractivity (Wildman–Crippen MR) is 89.6 cm³/mol. The topological polar surface area (TPSA) is 90.5 Å². The van der Waals surface area contributed by atoms with Gasteiger partial charge in [0, 0.05) is 16.7 Å². The Labute approximate surface area is 138 Å². The first kappa shape index (κ1) is 18.4. The van der Waals surface area contributed by atoms with Gasteiger partial charge in [-0.3, -0.25) is 4.79 Å². The van der Waals surface area contributed by atoms with Crippen LogP contribution in [0.5, 0.6) is 0 Å². The Bertz CT molecular complexity index is 493. The molecule has 1 aromatic carbocycles. The summed E-state index contributed by atoms with van der Waals surface area (Å²) in [5.41, 5.74) is 0.638. The molecular formula is C15H22BrN3O3. The zero-order valence-electron chi connectivity index (χ0n) is 12.7. The van der Waals surface area contributed by atoms with Gasteiger partial charge in [-0.25, -0.2) is 4.79 Å². The minimum Gasteiger partial charge on any atom is -0.395 e. The van der Waals surface area contributed by atoms with Crippen LogP contribution in [-0.2, 0) is 4.79 Å². The maximum atomic E-state index is 12.1.